The topological polar surface area (TPSA) is 34.9 Å². The molecule has 0 aliphatic heterocycles. The number of aldehydes is 1. The molecule has 110 valence electrons. The fourth-order valence-electron chi connectivity index (χ4n) is 2.20. The lowest BCUT2D eigenvalue weighted by atomic mass is 10.1. The Morgan fingerprint density at radius 3 is 2.59 bits per heavy atom. The third-order valence-electron chi connectivity index (χ3n) is 3.31. The third kappa shape index (κ3) is 2.93. The van der Waals surface area contributed by atoms with Crippen molar-refractivity contribution in [2.45, 2.75) is 4.90 Å². The number of carbonyl (C=O) groups is 1. The van der Waals surface area contributed by atoms with Gasteiger partial charge in [0, 0.05) is 21.7 Å². The van der Waals surface area contributed by atoms with E-state index in [0.717, 1.165) is 17.5 Å². The standard InChI is InChI=1S/C17H13ClN2OS/c1-22-16-7-5-12(6-8-16)17-13(11-21)10-20(19-17)15-4-2-3-14(18)9-15/h2-11H,1H3. The molecular weight excluding hydrogens is 316 g/mol. The van der Waals surface area contributed by atoms with Crippen molar-refractivity contribution in [2.24, 2.45) is 0 Å². The van der Waals surface area contributed by atoms with Gasteiger partial charge in [-0.15, -0.1) is 11.8 Å². The highest BCUT2D eigenvalue weighted by Gasteiger charge is 2.12. The molecule has 0 bridgehead atoms. The van der Waals surface area contributed by atoms with E-state index < -0.39 is 0 Å². The second-order valence-corrected chi connectivity index (χ2v) is 6.02. The fourth-order valence-corrected chi connectivity index (χ4v) is 2.79. The van der Waals surface area contributed by atoms with Crippen LogP contribution in [0.15, 0.2) is 59.6 Å². The van der Waals surface area contributed by atoms with E-state index in [9.17, 15) is 4.79 Å². The summed E-state index contributed by atoms with van der Waals surface area (Å²) in [5, 5.41) is 5.17. The van der Waals surface area contributed by atoms with E-state index in [2.05, 4.69) is 5.10 Å². The van der Waals surface area contributed by atoms with Crippen molar-refractivity contribution in [3.63, 3.8) is 0 Å². The van der Waals surface area contributed by atoms with Crippen LogP contribution in [0.3, 0.4) is 0 Å². The zero-order chi connectivity index (χ0) is 15.5. The molecule has 0 aliphatic rings. The SMILES string of the molecule is CSc1ccc(-c2nn(-c3cccc(Cl)c3)cc2C=O)cc1. The summed E-state index contributed by atoms with van der Waals surface area (Å²) in [6.45, 7) is 0. The van der Waals surface area contributed by atoms with Gasteiger partial charge >= 0.3 is 0 Å². The molecular formula is C17H13ClN2OS. The Labute approximate surface area is 137 Å². The Morgan fingerprint density at radius 2 is 1.95 bits per heavy atom. The van der Waals surface area contributed by atoms with Gasteiger partial charge in [0.2, 0.25) is 0 Å². The van der Waals surface area contributed by atoms with E-state index in [1.165, 1.54) is 4.90 Å². The van der Waals surface area contributed by atoms with Gasteiger partial charge < -0.3 is 0 Å². The van der Waals surface area contributed by atoms with Crippen molar-refractivity contribution in [1.29, 1.82) is 0 Å². The summed E-state index contributed by atoms with van der Waals surface area (Å²) in [5.41, 5.74) is 2.96. The molecule has 0 unspecified atom stereocenters. The van der Waals surface area contributed by atoms with E-state index in [1.807, 2.05) is 48.7 Å². The number of thioether (sulfide) groups is 1. The lowest BCUT2D eigenvalue weighted by molar-refractivity contribution is 0.112. The van der Waals surface area contributed by atoms with Gasteiger partial charge in [-0.2, -0.15) is 5.10 Å². The highest BCUT2D eigenvalue weighted by Crippen LogP contribution is 2.25. The average Bonchev–Trinajstić information content (AvgIpc) is 2.99. The van der Waals surface area contributed by atoms with Crippen molar-refractivity contribution in [3.05, 3.63) is 65.3 Å². The van der Waals surface area contributed by atoms with Crippen LogP contribution >= 0.6 is 23.4 Å². The molecule has 0 saturated heterocycles. The van der Waals surface area contributed by atoms with E-state index in [0.29, 0.717) is 16.3 Å². The summed E-state index contributed by atoms with van der Waals surface area (Å²) >= 11 is 7.69. The molecule has 22 heavy (non-hydrogen) atoms. The molecule has 0 aliphatic carbocycles. The lowest BCUT2D eigenvalue weighted by Gasteiger charge is -2.02. The number of carbonyl (C=O) groups excluding carboxylic acids is 1. The Hall–Kier alpha value is -2.04. The summed E-state index contributed by atoms with van der Waals surface area (Å²) in [6, 6.07) is 15.4. The lowest BCUT2D eigenvalue weighted by Crippen LogP contribution is -1.94. The largest absolute Gasteiger partial charge is 0.298 e. The van der Waals surface area contributed by atoms with Crippen LogP contribution in [-0.4, -0.2) is 22.3 Å². The van der Waals surface area contributed by atoms with Crippen molar-refractivity contribution in [2.75, 3.05) is 6.26 Å². The highest BCUT2D eigenvalue weighted by atomic mass is 35.5. The smallest absolute Gasteiger partial charge is 0.153 e. The second-order valence-electron chi connectivity index (χ2n) is 4.70. The minimum absolute atomic E-state index is 0.553. The predicted octanol–water partition coefficient (Wildman–Crippen LogP) is 4.73. The third-order valence-corrected chi connectivity index (χ3v) is 4.28. The van der Waals surface area contributed by atoms with Gasteiger partial charge in [0.05, 0.1) is 11.3 Å². The number of hydrogen-bond donors (Lipinski definition) is 0. The van der Waals surface area contributed by atoms with E-state index in [-0.39, 0.29) is 0 Å². The molecule has 3 aromatic rings. The monoisotopic (exact) mass is 328 g/mol. The normalized spacial score (nSPS) is 10.6. The quantitative estimate of drug-likeness (QED) is 0.513. The van der Waals surface area contributed by atoms with Gasteiger partial charge in [-0.05, 0) is 36.6 Å². The molecule has 0 N–H and O–H groups in total. The zero-order valence-corrected chi connectivity index (χ0v) is 13.4. The maximum atomic E-state index is 11.4. The van der Waals surface area contributed by atoms with E-state index in [1.54, 1.807) is 28.7 Å². The van der Waals surface area contributed by atoms with Gasteiger partial charge in [0.1, 0.15) is 5.69 Å². The maximum Gasteiger partial charge on any atom is 0.153 e. The van der Waals surface area contributed by atoms with Crippen LogP contribution < -0.4 is 0 Å². The van der Waals surface area contributed by atoms with Gasteiger partial charge in [-0.1, -0.05) is 29.8 Å². The molecule has 0 radical (unpaired) electrons. The molecule has 0 spiro atoms. The fraction of sp³-hybridized carbons (Fsp3) is 0.0588. The summed E-state index contributed by atoms with van der Waals surface area (Å²) < 4.78 is 1.67. The first kappa shape index (κ1) is 14.9. The first-order valence-corrected chi connectivity index (χ1v) is 8.27. The first-order chi connectivity index (χ1) is 10.7. The zero-order valence-electron chi connectivity index (χ0n) is 11.9. The van der Waals surface area contributed by atoms with Crippen LogP contribution in [0.2, 0.25) is 5.02 Å². The number of rotatable bonds is 4. The number of aromatic nitrogens is 2. The Kier molecular flexibility index (Phi) is 4.32. The summed E-state index contributed by atoms with van der Waals surface area (Å²) in [4.78, 5) is 12.5. The summed E-state index contributed by atoms with van der Waals surface area (Å²) in [7, 11) is 0. The number of halogens is 1. The summed E-state index contributed by atoms with van der Waals surface area (Å²) in [5.74, 6) is 0. The average molecular weight is 329 g/mol. The minimum atomic E-state index is 0.553. The van der Waals surface area contributed by atoms with Crippen molar-refractivity contribution < 1.29 is 4.79 Å². The molecule has 3 rings (SSSR count). The predicted molar refractivity (Wildman–Crippen MR) is 91.2 cm³/mol. The van der Waals surface area contributed by atoms with Crippen LogP contribution in [0.25, 0.3) is 16.9 Å². The van der Waals surface area contributed by atoms with Gasteiger partial charge in [-0.3, -0.25) is 4.79 Å². The molecule has 0 atom stereocenters. The minimum Gasteiger partial charge on any atom is -0.298 e. The van der Waals surface area contributed by atoms with Crippen LogP contribution in [0.4, 0.5) is 0 Å². The Morgan fingerprint density at radius 1 is 1.18 bits per heavy atom. The van der Waals surface area contributed by atoms with Crippen LogP contribution in [0, 0.1) is 0 Å². The van der Waals surface area contributed by atoms with Crippen molar-refractivity contribution in [3.8, 4) is 16.9 Å². The van der Waals surface area contributed by atoms with Crippen LogP contribution in [0.1, 0.15) is 10.4 Å². The van der Waals surface area contributed by atoms with E-state index >= 15 is 0 Å². The second kappa shape index (κ2) is 6.38. The Bertz CT molecular complexity index is 812. The molecule has 0 saturated carbocycles. The number of nitrogens with zero attached hydrogens (tertiary/aromatic N) is 2. The van der Waals surface area contributed by atoms with E-state index in [4.69, 9.17) is 11.6 Å². The first-order valence-electron chi connectivity index (χ1n) is 6.66. The van der Waals surface area contributed by atoms with Crippen LogP contribution in [0.5, 0.6) is 0 Å². The molecule has 1 heterocycles. The van der Waals surface area contributed by atoms with Gasteiger partial charge in [0.15, 0.2) is 6.29 Å². The van der Waals surface area contributed by atoms with Gasteiger partial charge in [-0.25, -0.2) is 4.68 Å². The summed E-state index contributed by atoms with van der Waals surface area (Å²) in [6.07, 6.45) is 4.57. The highest BCUT2D eigenvalue weighted by molar-refractivity contribution is 7.98. The number of benzene rings is 2. The maximum absolute atomic E-state index is 11.4. The molecule has 0 amide bonds. The molecule has 5 heteroatoms. The van der Waals surface area contributed by atoms with Gasteiger partial charge in [0.25, 0.3) is 0 Å². The van der Waals surface area contributed by atoms with Crippen molar-refractivity contribution in [1.82, 2.24) is 9.78 Å². The molecule has 2 aromatic carbocycles. The molecule has 3 nitrogen and oxygen atoms in total. The van der Waals surface area contributed by atoms with Crippen molar-refractivity contribution >= 4 is 29.6 Å². The van der Waals surface area contributed by atoms with Crippen LogP contribution in [-0.2, 0) is 0 Å². The molecule has 0 fully saturated rings. The number of hydrogen-bond acceptors (Lipinski definition) is 3. The molecule has 1 aromatic heterocycles. The Balaban J connectivity index is 2.06.